The first-order chi connectivity index (χ1) is 9.68. The van der Waals surface area contributed by atoms with Crippen LogP contribution in [0.3, 0.4) is 0 Å². The molecule has 0 spiro atoms. The molecule has 0 bridgehead atoms. The molecule has 0 amide bonds. The molecule has 0 aliphatic heterocycles. The fourth-order valence-corrected chi connectivity index (χ4v) is 2.48. The highest BCUT2D eigenvalue weighted by Gasteiger charge is 2.28. The number of nitriles is 1. The Bertz CT molecular complexity index is 542. The van der Waals surface area contributed by atoms with E-state index in [1.807, 2.05) is 45.9 Å². The average Bonchev–Trinajstić information content (AvgIpc) is 2.36. The molecule has 0 heterocycles. The standard InChI is InChI=1S/C17H22ClNO2/c1-16(2,3)21-15(20)10-7-11-17(4,12-19)13-8-5-6-9-14(13)18/h5-6,8-9H,7,10-11H2,1-4H3. The van der Waals surface area contributed by atoms with Gasteiger partial charge in [0.05, 0.1) is 11.5 Å². The van der Waals surface area contributed by atoms with Gasteiger partial charge in [-0.25, -0.2) is 0 Å². The zero-order valence-corrected chi connectivity index (χ0v) is 13.8. The fourth-order valence-electron chi connectivity index (χ4n) is 2.14. The smallest absolute Gasteiger partial charge is 0.306 e. The number of rotatable bonds is 5. The van der Waals surface area contributed by atoms with Crippen molar-refractivity contribution in [2.24, 2.45) is 0 Å². The Morgan fingerprint density at radius 1 is 1.29 bits per heavy atom. The van der Waals surface area contributed by atoms with Gasteiger partial charge in [0, 0.05) is 11.4 Å². The van der Waals surface area contributed by atoms with E-state index < -0.39 is 11.0 Å². The number of halogens is 1. The second-order valence-corrected chi connectivity index (χ2v) is 6.77. The second kappa shape index (κ2) is 6.95. The molecule has 21 heavy (non-hydrogen) atoms. The van der Waals surface area contributed by atoms with Crippen LogP contribution in [0.2, 0.25) is 5.02 Å². The molecule has 3 nitrogen and oxygen atoms in total. The highest BCUT2D eigenvalue weighted by molar-refractivity contribution is 6.31. The fraction of sp³-hybridized carbons (Fsp3) is 0.529. The van der Waals surface area contributed by atoms with E-state index in [1.54, 1.807) is 6.07 Å². The lowest BCUT2D eigenvalue weighted by Gasteiger charge is -2.24. The van der Waals surface area contributed by atoms with Gasteiger partial charge < -0.3 is 4.74 Å². The molecular weight excluding hydrogens is 286 g/mol. The number of carbonyl (C=O) groups is 1. The number of hydrogen-bond donors (Lipinski definition) is 0. The molecule has 4 heteroatoms. The molecule has 1 aromatic rings. The maximum Gasteiger partial charge on any atom is 0.306 e. The largest absolute Gasteiger partial charge is 0.460 e. The van der Waals surface area contributed by atoms with Crippen LogP contribution in [0.15, 0.2) is 24.3 Å². The average molecular weight is 308 g/mol. The lowest BCUT2D eigenvalue weighted by molar-refractivity contribution is -0.154. The molecular formula is C17H22ClNO2. The Kier molecular flexibility index (Phi) is 5.80. The van der Waals surface area contributed by atoms with Crippen LogP contribution < -0.4 is 0 Å². The molecule has 0 aliphatic carbocycles. The summed E-state index contributed by atoms with van der Waals surface area (Å²) in [5.74, 6) is -0.234. The van der Waals surface area contributed by atoms with Gasteiger partial charge in [-0.2, -0.15) is 5.26 Å². The van der Waals surface area contributed by atoms with E-state index in [1.165, 1.54) is 0 Å². The third-order valence-electron chi connectivity index (χ3n) is 3.19. The molecule has 114 valence electrons. The van der Waals surface area contributed by atoms with Crippen molar-refractivity contribution in [2.75, 3.05) is 0 Å². The molecule has 0 saturated heterocycles. The molecule has 0 saturated carbocycles. The van der Waals surface area contributed by atoms with E-state index in [2.05, 4.69) is 6.07 Å². The van der Waals surface area contributed by atoms with Crippen LogP contribution >= 0.6 is 11.6 Å². The van der Waals surface area contributed by atoms with Crippen LogP contribution in [0.5, 0.6) is 0 Å². The Hall–Kier alpha value is -1.53. The van der Waals surface area contributed by atoms with Gasteiger partial charge in [-0.15, -0.1) is 0 Å². The molecule has 0 aliphatic rings. The van der Waals surface area contributed by atoms with Crippen LogP contribution in [-0.4, -0.2) is 11.6 Å². The minimum Gasteiger partial charge on any atom is -0.460 e. The zero-order valence-electron chi connectivity index (χ0n) is 13.1. The van der Waals surface area contributed by atoms with Crippen LogP contribution in [-0.2, 0) is 14.9 Å². The molecule has 1 rings (SSSR count). The van der Waals surface area contributed by atoms with Gasteiger partial charge in [0.15, 0.2) is 0 Å². The minimum absolute atomic E-state index is 0.234. The second-order valence-electron chi connectivity index (χ2n) is 6.36. The van der Waals surface area contributed by atoms with Gasteiger partial charge in [-0.05, 0) is 52.2 Å². The Balaban J connectivity index is 2.66. The molecule has 1 unspecified atom stereocenters. The molecule has 0 aromatic heterocycles. The normalized spacial score (nSPS) is 14.1. The molecule has 0 radical (unpaired) electrons. The number of nitrogens with zero attached hydrogens (tertiary/aromatic N) is 1. The number of hydrogen-bond acceptors (Lipinski definition) is 3. The number of ether oxygens (including phenoxy) is 1. The summed E-state index contributed by atoms with van der Waals surface area (Å²) < 4.78 is 5.27. The van der Waals surface area contributed by atoms with Crippen molar-refractivity contribution < 1.29 is 9.53 Å². The quantitative estimate of drug-likeness (QED) is 0.745. The summed E-state index contributed by atoms with van der Waals surface area (Å²) in [6.45, 7) is 7.37. The van der Waals surface area contributed by atoms with Gasteiger partial charge in [0.25, 0.3) is 0 Å². The minimum atomic E-state index is -0.694. The first kappa shape index (κ1) is 17.5. The third kappa shape index (κ3) is 5.40. The van der Waals surface area contributed by atoms with E-state index >= 15 is 0 Å². The van der Waals surface area contributed by atoms with Crippen LogP contribution in [0.4, 0.5) is 0 Å². The van der Waals surface area contributed by atoms with Crippen molar-refractivity contribution in [3.8, 4) is 6.07 Å². The third-order valence-corrected chi connectivity index (χ3v) is 3.52. The predicted octanol–water partition coefficient (Wildman–Crippen LogP) is 4.63. The topological polar surface area (TPSA) is 50.1 Å². The number of esters is 1. The van der Waals surface area contributed by atoms with Crippen molar-refractivity contribution in [3.63, 3.8) is 0 Å². The highest BCUT2D eigenvalue weighted by atomic mass is 35.5. The van der Waals surface area contributed by atoms with Crippen molar-refractivity contribution >= 4 is 17.6 Å². The Morgan fingerprint density at radius 3 is 2.43 bits per heavy atom. The van der Waals surface area contributed by atoms with Crippen molar-refractivity contribution in [1.82, 2.24) is 0 Å². The summed E-state index contributed by atoms with van der Waals surface area (Å²) in [5, 5.41) is 10.1. The van der Waals surface area contributed by atoms with Gasteiger partial charge >= 0.3 is 5.97 Å². The molecule has 1 atom stereocenters. The van der Waals surface area contributed by atoms with Gasteiger partial charge in [-0.3, -0.25) is 4.79 Å². The lowest BCUT2D eigenvalue weighted by Crippen LogP contribution is -2.25. The van der Waals surface area contributed by atoms with Crippen molar-refractivity contribution in [1.29, 1.82) is 5.26 Å². The first-order valence-corrected chi connectivity index (χ1v) is 7.44. The van der Waals surface area contributed by atoms with Gasteiger partial charge in [-0.1, -0.05) is 29.8 Å². The highest BCUT2D eigenvalue weighted by Crippen LogP contribution is 2.33. The lowest BCUT2D eigenvalue weighted by atomic mass is 9.79. The number of carbonyl (C=O) groups excluding carboxylic acids is 1. The summed E-state index contributed by atoms with van der Waals surface area (Å²) in [4.78, 5) is 11.7. The van der Waals surface area contributed by atoms with Gasteiger partial charge in [0.2, 0.25) is 0 Å². The van der Waals surface area contributed by atoms with Crippen molar-refractivity contribution in [3.05, 3.63) is 34.9 Å². The van der Waals surface area contributed by atoms with E-state index in [0.717, 1.165) is 5.56 Å². The Labute approximate surface area is 131 Å². The predicted molar refractivity (Wildman–Crippen MR) is 84.1 cm³/mol. The Morgan fingerprint density at radius 2 is 1.90 bits per heavy atom. The van der Waals surface area contributed by atoms with Gasteiger partial charge in [0.1, 0.15) is 5.60 Å². The summed E-state index contributed by atoms with van der Waals surface area (Å²) in [5.41, 5.74) is -0.364. The molecule has 1 aromatic carbocycles. The van der Waals surface area contributed by atoms with E-state index in [4.69, 9.17) is 16.3 Å². The maximum atomic E-state index is 11.7. The van der Waals surface area contributed by atoms with Crippen LogP contribution in [0, 0.1) is 11.3 Å². The summed E-state index contributed by atoms with van der Waals surface area (Å²) in [6.07, 6.45) is 1.45. The van der Waals surface area contributed by atoms with E-state index in [-0.39, 0.29) is 5.97 Å². The first-order valence-electron chi connectivity index (χ1n) is 7.06. The summed E-state index contributed by atoms with van der Waals surface area (Å²) in [7, 11) is 0. The van der Waals surface area contributed by atoms with Crippen molar-refractivity contribution in [2.45, 2.75) is 58.0 Å². The summed E-state index contributed by atoms with van der Waals surface area (Å²) in [6, 6.07) is 9.66. The maximum absolute atomic E-state index is 11.7. The van der Waals surface area contributed by atoms with E-state index in [0.29, 0.717) is 24.3 Å². The number of benzene rings is 1. The summed E-state index contributed by atoms with van der Waals surface area (Å²) >= 11 is 6.17. The molecule has 0 N–H and O–H groups in total. The zero-order chi connectivity index (χ0) is 16.1. The van der Waals surface area contributed by atoms with Crippen LogP contribution in [0.1, 0.15) is 52.5 Å². The monoisotopic (exact) mass is 307 g/mol. The SMILES string of the molecule is CC(C)(C)OC(=O)CCCC(C)(C#N)c1ccccc1Cl. The molecule has 0 fully saturated rings. The van der Waals surface area contributed by atoms with Crippen LogP contribution in [0.25, 0.3) is 0 Å². The van der Waals surface area contributed by atoms with E-state index in [9.17, 15) is 10.1 Å².